The summed E-state index contributed by atoms with van der Waals surface area (Å²) in [5.41, 5.74) is 2.26. The number of rotatable bonds is 4. The van der Waals surface area contributed by atoms with E-state index in [0.29, 0.717) is 0 Å². The van der Waals surface area contributed by atoms with Crippen molar-refractivity contribution in [2.24, 2.45) is 11.8 Å². The summed E-state index contributed by atoms with van der Waals surface area (Å²) in [6.45, 7) is 8.04. The Kier molecular flexibility index (Phi) is 2.73. The van der Waals surface area contributed by atoms with Gasteiger partial charge in [0.1, 0.15) is 0 Å². The molecule has 0 radical (unpaired) electrons. The molecule has 0 aromatic heterocycles. The molecule has 0 heterocycles. The van der Waals surface area contributed by atoms with Gasteiger partial charge < -0.3 is 5.21 Å². The van der Waals surface area contributed by atoms with E-state index < -0.39 is 8.07 Å². The minimum absolute atomic E-state index is 0.770. The first-order valence-corrected chi connectivity index (χ1v) is 8.10. The van der Waals surface area contributed by atoms with Crippen molar-refractivity contribution in [2.45, 2.75) is 32.1 Å². The van der Waals surface area contributed by atoms with Gasteiger partial charge in [0, 0.05) is 14.6 Å². The lowest BCUT2D eigenvalue weighted by Crippen LogP contribution is -2.21. The molecule has 1 aliphatic carbocycles. The Balaban J connectivity index is 2.13. The first-order valence-electron chi connectivity index (χ1n) is 4.40. The maximum Gasteiger partial charge on any atom is 0.0445 e. The van der Waals surface area contributed by atoms with E-state index in [-0.39, 0.29) is 0 Å². The highest BCUT2D eigenvalue weighted by Crippen LogP contribution is 2.43. The highest BCUT2D eigenvalue weighted by atomic mass is 28.3. The van der Waals surface area contributed by atoms with Gasteiger partial charge in [0.15, 0.2) is 0 Å². The quantitative estimate of drug-likeness (QED) is 0.503. The zero-order chi connectivity index (χ0) is 8.48. The second-order valence-corrected chi connectivity index (χ2v) is 10.4. The van der Waals surface area contributed by atoms with Crippen LogP contribution in [0.5, 0.6) is 0 Å². The van der Waals surface area contributed by atoms with Crippen molar-refractivity contribution in [3.8, 4) is 0 Å². The molecule has 0 unspecified atom stereocenters. The van der Waals surface area contributed by atoms with Gasteiger partial charge in [-0.15, -0.1) is 0 Å². The van der Waals surface area contributed by atoms with Gasteiger partial charge >= 0.3 is 0 Å². The Morgan fingerprint density at radius 3 is 2.45 bits per heavy atom. The molecule has 0 bridgehead atoms. The second kappa shape index (κ2) is 3.25. The molecule has 3 heteroatoms. The standard InChI is InChI=1S/C8H19NOSi/c1-11(2,3)6-8-4-7(8)5-9-10/h7-10H,4-6H2,1-3H3/t7-,8-/m0/s1. The molecule has 0 saturated heterocycles. The highest BCUT2D eigenvalue weighted by molar-refractivity contribution is 6.76. The molecule has 66 valence electrons. The highest BCUT2D eigenvalue weighted by Gasteiger charge is 2.39. The molecule has 0 aromatic rings. The lowest BCUT2D eigenvalue weighted by molar-refractivity contribution is 0.160. The predicted molar refractivity (Wildman–Crippen MR) is 49.5 cm³/mol. The van der Waals surface area contributed by atoms with Crippen LogP contribution in [-0.4, -0.2) is 19.8 Å². The zero-order valence-corrected chi connectivity index (χ0v) is 8.72. The molecule has 1 fully saturated rings. The maximum atomic E-state index is 8.45. The Morgan fingerprint density at radius 2 is 2.00 bits per heavy atom. The summed E-state index contributed by atoms with van der Waals surface area (Å²) in [5.74, 6) is 1.69. The van der Waals surface area contributed by atoms with Gasteiger partial charge in [-0.3, -0.25) is 0 Å². The Bertz CT molecular complexity index is 133. The van der Waals surface area contributed by atoms with Crippen LogP contribution in [0.4, 0.5) is 0 Å². The van der Waals surface area contributed by atoms with Gasteiger partial charge in [-0.05, 0) is 18.3 Å². The molecule has 1 aliphatic rings. The molecule has 0 aliphatic heterocycles. The van der Waals surface area contributed by atoms with Crippen LogP contribution in [0.3, 0.4) is 0 Å². The first-order chi connectivity index (χ1) is 5.03. The van der Waals surface area contributed by atoms with Crippen molar-refractivity contribution in [3.05, 3.63) is 0 Å². The van der Waals surface area contributed by atoms with E-state index in [1.54, 1.807) is 0 Å². The van der Waals surface area contributed by atoms with Gasteiger partial charge in [-0.2, -0.15) is 0 Å². The number of hydrogen-bond donors (Lipinski definition) is 2. The van der Waals surface area contributed by atoms with Gasteiger partial charge in [0.2, 0.25) is 0 Å². The monoisotopic (exact) mass is 173 g/mol. The van der Waals surface area contributed by atoms with E-state index in [4.69, 9.17) is 5.21 Å². The van der Waals surface area contributed by atoms with Crippen LogP contribution in [0.1, 0.15) is 6.42 Å². The molecule has 1 rings (SSSR count). The van der Waals surface area contributed by atoms with Crippen LogP contribution in [-0.2, 0) is 0 Å². The molecule has 1 saturated carbocycles. The lowest BCUT2D eigenvalue weighted by atomic mass is 10.3. The largest absolute Gasteiger partial charge is 0.317 e. The van der Waals surface area contributed by atoms with Crippen molar-refractivity contribution < 1.29 is 5.21 Å². The first kappa shape index (κ1) is 9.23. The van der Waals surface area contributed by atoms with E-state index >= 15 is 0 Å². The van der Waals surface area contributed by atoms with Gasteiger partial charge in [-0.25, -0.2) is 5.48 Å². The van der Waals surface area contributed by atoms with Crippen molar-refractivity contribution in [2.75, 3.05) is 6.54 Å². The number of nitrogens with one attached hydrogen (secondary N) is 1. The molecule has 2 nitrogen and oxygen atoms in total. The normalized spacial score (nSPS) is 30.5. The molecule has 2 N–H and O–H groups in total. The summed E-state index contributed by atoms with van der Waals surface area (Å²) >= 11 is 0. The van der Waals surface area contributed by atoms with Crippen LogP contribution in [0.25, 0.3) is 0 Å². The lowest BCUT2D eigenvalue weighted by Gasteiger charge is -2.14. The Hall–Kier alpha value is 0.137. The van der Waals surface area contributed by atoms with Crippen molar-refractivity contribution in [1.29, 1.82) is 0 Å². The summed E-state index contributed by atoms with van der Waals surface area (Å²) in [5, 5.41) is 8.45. The summed E-state index contributed by atoms with van der Waals surface area (Å²) in [4.78, 5) is 0. The van der Waals surface area contributed by atoms with Crippen LogP contribution < -0.4 is 5.48 Å². The fourth-order valence-electron chi connectivity index (χ4n) is 1.71. The van der Waals surface area contributed by atoms with E-state index in [1.165, 1.54) is 12.5 Å². The van der Waals surface area contributed by atoms with Gasteiger partial charge in [0.25, 0.3) is 0 Å². The molecule has 2 atom stereocenters. The number of hydroxylamine groups is 1. The SMILES string of the molecule is C[Si](C)(C)C[C@@H]1C[C@H]1CNO. The average molecular weight is 173 g/mol. The minimum atomic E-state index is -0.838. The van der Waals surface area contributed by atoms with Crippen LogP contribution in [0.2, 0.25) is 25.7 Å². The van der Waals surface area contributed by atoms with Crippen molar-refractivity contribution in [1.82, 2.24) is 5.48 Å². The molecule has 0 aromatic carbocycles. The van der Waals surface area contributed by atoms with Crippen molar-refractivity contribution >= 4 is 8.07 Å². The van der Waals surface area contributed by atoms with Crippen LogP contribution in [0.15, 0.2) is 0 Å². The van der Waals surface area contributed by atoms with E-state index in [1.807, 2.05) is 0 Å². The molecular weight excluding hydrogens is 154 g/mol. The van der Waals surface area contributed by atoms with Crippen molar-refractivity contribution in [3.63, 3.8) is 0 Å². The molecule has 0 amide bonds. The summed E-state index contributed by atoms with van der Waals surface area (Å²) < 4.78 is 0. The summed E-state index contributed by atoms with van der Waals surface area (Å²) in [7, 11) is -0.838. The predicted octanol–water partition coefficient (Wildman–Crippen LogP) is 1.94. The van der Waals surface area contributed by atoms with E-state index in [9.17, 15) is 0 Å². The Morgan fingerprint density at radius 1 is 1.36 bits per heavy atom. The van der Waals surface area contributed by atoms with Gasteiger partial charge in [0.05, 0.1) is 0 Å². The smallest absolute Gasteiger partial charge is 0.0445 e. The average Bonchev–Trinajstić information content (AvgIpc) is 2.44. The minimum Gasteiger partial charge on any atom is -0.317 e. The molecule has 0 spiro atoms. The number of hydrogen-bond acceptors (Lipinski definition) is 2. The second-order valence-electron chi connectivity index (χ2n) is 4.88. The summed E-state index contributed by atoms with van der Waals surface area (Å²) in [6, 6.07) is 1.43. The van der Waals surface area contributed by atoms with E-state index in [2.05, 4.69) is 25.1 Å². The van der Waals surface area contributed by atoms with Crippen LogP contribution in [0, 0.1) is 11.8 Å². The zero-order valence-electron chi connectivity index (χ0n) is 7.72. The molecular formula is C8H19NOSi. The topological polar surface area (TPSA) is 32.3 Å². The molecule has 11 heavy (non-hydrogen) atoms. The Labute approximate surface area is 70.0 Å². The van der Waals surface area contributed by atoms with Crippen LogP contribution >= 0.6 is 0 Å². The third kappa shape index (κ3) is 3.36. The summed E-state index contributed by atoms with van der Waals surface area (Å²) in [6.07, 6.45) is 1.33. The third-order valence-electron chi connectivity index (χ3n) is 2.30. The fraction of sp³-hybridized carbons (Fsp3) is 1.00. The fourth-order valence-corrected chi connectivity index (χ4v) is 3.79. The maximum absolute atomic E-state index is 8.45. The van der Waals surface area contributed by atoms with E-state index in [0.717, 1.165) is 18.4 Å². The third-order valence-corrected chi connectivity index (χ3v) is 4.05. The van der Waals surface area contributed by atoms with Gasteiger partial charge in [-0.1, -0.05) is 25.7 Å².